The van der Waals surface area contributed by atoms with Crippen LogP contribution in [0.2, 0.25) is 0 Å². The van der Waals surface area contributed by atoms with Gasteiger partial charge in [0.05, 0.1) is 0 Å². The van der Waals surface area contributed by atoms with Gasteiger partial charge in [-0.05, 0) is 0 Å². The van der Waals surface area contributed by atoms with Crippen molar-refractivity contribution >= 4 is 35.9 Å². The average molecular weight is 679 g/mol. The maximum absolute atomic E-state index is 13.4. The van der Waals surface area contributed by atoms with Crippen molar-refractivity contribution < 1.29 is 48.0 Å². The fourth-order valence-corrected chi connectivity index (χ4v) is 5.19. The van der Waals surface area contributed by atoms with E-state index >= 15 is 0 Å². The number of hydrogen-bond acceptors (Lipinski definition) is 2. The third-order valence-corrected chi connectivity index (χ3v) is 7.28. The summed E-state index contributed by atoms with van der Waals surface area (Å²) in [6.07, 6.45) is 10.6. The Morgan fingerprint density at radius 2 is 0.737 bits per heavy atom. The Balaban J connectivity index is 0.00000400. The first-order valence-corrected chi connectivity index (χ1v) is 13.4. The number of allylic oxidation sites excluding steroid dienone is 4. The molecule has 0 atom stereocenters. The van der Waals surface area contributed by atoms with E-state index in [0.29, 0.717) is 8.09 Å². The molecule has 0 aliphatic heterocycles. The zero-order chi connectivity index (χ0) is 25.7. The second-order valence-corrected chi connectivity index (χ2v) is 10.1. The molecule has 0 amide bonds. The van der Waals surface area contributed by atoms with E-state index in [0.717, 1.165) is 22.3 Å². The maximum Gasteiger partial charge on any atom is 0 e. The van der Waals surface area contributed by atoms with Gasteiger partial charge in [-0.3, -0.25) is 0 Å². The monoisotopic (exact) mass is 678 g/mol. The van der Waals surface area contributed by atoms with Crippen LogP contribution in [-0.2, 0) is 48.0 Å². The molecule has 0 aliphatic carbocycles. The normalized spacial score (nSPS) is 12.0. The number of ketones is 2. The largest absolute Gasteiger partial charge is 0 e. The molecule has 0 radical (unpaired) electrons. The molecular weight excluding hydrogens is 653 g/mol. The van der Waals surface area contributed by atoms with Crippen LogP contribution in [0.3, 0.4) is 0 Å². The first-order valence-electron chi connectivity index (χ1n) is 11.8. The second kappa shape index (κ2) is 15.7. The quantitative estimate of drug-likeness (QED) is 0.127. The molecule has 2 nitrogen and oxygen atoms in total. The van der Waals surface area contributed by atoms with E-state index in [1.54, 1.807) is 12.2 Å². The van der Waals surface area contributed by atoms with Crippen molar-refractivity contribution in [3.8, 4) is 0 Å². The van der Waals surface area contributed by atoms with Gasteiger partial charge in [0, 0.05) is 20.4 Å². The smallest absolute Gasteiger partial charge is 0 e. The summed E-state index contributed by atoms with van der Waals surface area (Å²) in [4.78, 5) is 26.8. The molecule has 0 saturated carbocycles. The first-order chi connectivity index (χ1) is 18.2. The van der Waals surface area contributed by atoms with E-state index in [2.05, 4.69) is 0 Å². The molecule has 4 rings (SSSR count). The van der Waals surface area contributed by atoms with Crippen LogP contribution in [0.5, 0.6) is 0 Å². The van der Waals surface area contributed by atoms with Crippen LogP contribution in [0.1, 0.15) is 22.3 Å². The Labute approximate surface area is 246 Å². The van der Waals surface area contributed by atoms with Gasteiger partial charge in [0.1, 0.15) is 0 Å². The van der Waals surface area contributed by atoms with E-state index in [1.165, 1.54) is 0 Å². The molecule has 4 aromatic carbocycles. The molecule has 0 aromatic heterocycles. The van der Waals surface area contributed by atoms with Gasteiger partial charge >= 0.3 is 227 Å². The molecule has 0 aliphatic rings. The Morgan fingerprint density at radius 1 is 0.447 bits per heavy atom. The number of carbonyl (C=O) groups is 2. The summed E-state index contributed by atoms with van der Waals surface area (Å²) in [5, 5.41) is 0. The molecule has 0 heterocycles. The van der Waals surface area contributed by atoms with E-state index < -0.39 is 0 Å². The van der Waals surface area contributed by atoms with Crippen LogP contribution < -0.4 is 0 Å². The predicted octanol–water partition coefficient (Wildman–Crippen LogP) is 7.71. The molecular formula is C34H26O2Pd2. The number of hydrogen-bond donors (Lipinski definition) is 0. The molecule has 0 spiro atoms. The summed E-state index contributed by atoms with van der Waals surface area (Å²) in [6, 6.07) is 38.9. The van der Waals surface area contributed by atoms with Crippen LogP contribution in [0, 0.1) is 0 Å². The van der Waals surface area contributed by atoms with Crippen LogP contribution in [-0.4, -0.2) is 11.6 Å². The van der Waals surface area contributed by atoms with Crippen molar-refractivity contribution in [1.29, 1.82) is 0 Å². The van der Waals surface area contributed by atoms with Crippen LogP contribution in [0.4, 0.5) is 0 Å². The Bertz CT molecular complexity index is 1320. The van der Waals surface area contributed by atoms with Gasteiger partial charge < -0.3 is 0 Å². The molecule has 0 saturated heterocycles. The zero-order valence-corrected chi connectivity index (χ0v) is 23.6. The molecule has 194 valence electrons. The summed E-state index contributed by atoms with van der Waals surface area (Å²) in [5.41, 5.74) is 3.73. The third-order valence-electron chi connectivity index (χ3n) is 5.23. The van der Waals surface area contributed by atoms with E-state index in [-0.39, 0.29) is 50.0 Å². The van der Waals surface area contributed by atoms with Gasteiger partial charge in [-0.15, -0.1) is 0 Å². The standard InChI is InChI=1S/2C17H13O.2Pd/c2*18-17(13-11-15-7-3-1-4-8-15)14-12-16-9-5-2-6-10-16;;/h2*1-13H;;. The van der Waals surface area contributed by atoms with Crippen molar-refractivity contribution in [2.45, 2.75) is 0 Å². The third kappa shape index (κ3) is 9.43. The molecule has 4 heteroatoms. The Hall–Kier alpha value is -3.50. The molecule has 0 N–H and O–H groups in total. The van der Waals surface area contributed by atoms with Crippen molar-refractivity contribution in [2.75, 3.05) is 0 Å². The van der Waals surface area contributed by atoms with Gasteiger partial charge in [0.2, 0.25) is 0 Å². The van der Waals surface area contributed by atoms with Gasteiger partial charge in [-0.1, -0.05) is 0 Å². The van der Waals surface area contributed by atoms with Gasteiger partial charge in [-0.25, -0.2) is 0 Å². The molecule has 0 unspecified atom stereocenters. The van der Waals surface area contributed by atoms with Crippen molar-refractivity contribution in [2.24, 2.45) is 0 Å². The minimum atomic E-state index is -0.379. The fourth-order valence-electron chi connectivity index (χ4n) is 3.35. The van der Waals surface area contributed by atoms with Crippen molar-refractivity contribution in [3.63, 3.8) is 0 Å². The van der Waals surface area contributed by atoms with Gasteiger partial charge in [0.25, 0.3) is 0 Å². The van der Waals surface area contributed by atoms with Gasteiger partial charge in [0.15, 0.2) is 0 Å². The van der Waals surface area contributed by atoms with E-state index in [1.807, 2.05) is 146 Å². The van der Waals surface area contributed by atoms with Crippen molar-refractivity contribution in [1.82, 2.24) is 0 Å². The second-order valence-electron chi connectivity index (χ2n) is 8.03. The fraction of sp³-hybridized carbons (Fsp3) is 0. The van der Waals surface area contributed by atoms with Gasteiger partial charge in [-0.2, -0.15) is 0 Å². The predicted molar refractivity (Wildman–Crippen MR) is 150 cm³/mol. The number of rotatable bonds is 10. The summed E-state index contributed by atoms with van der Waals surface area (Å²) in [6.45, 7) is 0. The SMILES string of the molecule is O=C(C=Cc1ccccc1)[C](=Cc1ccccc1)[Pd][C](=Cc1ccccc1)C(=O)C=Cc1ccccc1.[Pd]. The van der Waals surface area contributed by atoms with E-state index in [9.17, 15) is 9.59 Å². The summed E-state index contributed by atoms with van der Waals surface area (Å²) < 4.78 is 1.19. The first kappa shape index (κ1) is 29.1. The van der Waals surface area contributed by atoms with Crippen LogP contribution >= 0.6 is 0 Å². The molecule has 38 heavy (non-hydrogen) atoms. The summed E-state index contributed by atoms with van der Waals surface area (Å²) in [5.74, 6) is -0.221. The van der Waals surface area contributed by atoms with Crippen LogP contribution in [0.25, 0.3) is 24.3 Å². The number of benzene rings is 4. The molecule has 0 bridgehead atoms. The Morgan fingerprint density at radius 3 is 1.05 bits per heavy atom. The minimum Gasteiger partial charge on any atom is 0 e. The maximum atomic E-state index is 13.4. The molecule has 4 aromatic rings. The number of carbonyl (C=O) groups excluding carboxylic acids is 2. The minimum absolute atomic E-state index is 0. The summed E-state index contributed by atoms with van der Waals surface area (Å²) >= 11 is -0.379. The molecule has 0 fully saturated rings. The topological polar surface area (TPSA) is 34.1 Å². The van der Waals surface area contributed by atoms with Crippen LogP contribution in [0.15, 0.2) is 142 Å². The summed E-state index contributed by atoms with van der Waals surface area (Å²) in [7, 11) is 0. The zero-order valence-electron chi connectivity index (χ0n) is 20.5. The van der Waals surface area contributed by atoms with E-state index in [4.69, 9.17) is 0 Å². The average Bonchev–Trinajstić information content (AvgIpc) is 2.96. The van der Waals surface area contributed by atoms with Crippen molar-refractivity contribution in [3.05, 3.63) is 164 Å². The Kier molecular flexibility index (Phi) is 12.0.